The van der Waals surface area contributed by atoms with Crippen molar-refractivity contribution in [1.82, 2.24) is 9.55 Å². The Hall–Kier alpha value is -1.82. The van der Waals surface area contributed by atoms with Crippen LogP contribution in [0.3, 0.4) is 0 Å². The SMILES string of the molecule is O=c1[nH]cc(Br)c(=O)n1CCCOc1ccccc1. The van der Waals surface area contributed by atoms with Gasteiger partial charge < -0.3 is 9.72 Å². The van der Waals surface area contributed by atoms with Gasteiger partial charge in [-0.25, -0.2) is 4.79 Å². The number of aromatic nitrogens is 2. The Balaban J connectivity index is 1.92. The van der Waals surface area contributed by atoms with Crippen LogP contribution in [-0.2, 0) is 6.54 Å². The molecule has 0 radical (unpaired) electrons. The van der Waals surface area contributed by atoms with Crippen molar-refractivity contribution in [2.75, 3.05) is 6.61 Å². The van der Waals surface area contributed by atoms with Gasteiger partial charge in [0.15, 0.2) is 0 Å². The molecule has 6 heteroatoms. The van der Waals surface area contributed by atoms with E-state index in [0.717, 1.165) is 10.3 Å². The van der Waals surface area contributed by atoms with E-state index in [-0.39, 0.29) is 5.56 Å². The number of nitrogens with zero attached hydrogens (tertiary/aromatic N) is 1. The zero-order chi connectivity index (χ0) is 13.7. The number of hydrogen-bond donors (Lipinski definition) is 1. The fourth-order valence-corrected chi connectivity index (χ4v) is 1.95. The number of para-hydroxylation sites is 1. The van der Waals surface area contributed by atoms with Crippen LogP contribution in [0.4, 0.5) is 0 Å². The smallest absolute Gasteiger partial charge is 0.328 e. The van der Waals surface area contributed by atoms with Crippen LogP contribution in [0.2, 0.25) is 0 Å². The van der Waals surface area contributed by atoms with Gasteiger partial charge in [-0.1, -0.05) is 18.2 Å². The van der Waals surface area contributed by atoms with Gasteiger partial charge in [0.1, 0.15) is 5.75 Å². The first-order valence-corrected chi connectivity index (χ1v) is 6.63. The molecule has 1 N–H and O–H groups in total. The summed E-state index contributed by atoms with van der Waals surface area (Å²) in [5.74, 6) is 0.776. The molecule has 1 aromatic carbocycles. The summed E-state index contributed by atoms with van der Waals surface area (Å²) in [6.07, 6.45) is 1.93. The summed E-state index contributed by atoms with van der Waals surface area (Å²) in [7, 11) is 0. The number of nitrogens with one attached hydrogen (secondary N) is 1. The highest BCUT2D eigenvalue weighted by molar-refractivity contribution is 9.10. The predicted octanol–water partition coefficient (Wildman–Crippen LogP) is 1.77. The lowest BCUT2D eigenvalue weighted by atomic mass is 10.3. The van der Waals surface area contributed by atoms with Gasteiger partial charge in [-0.2, -0.15) is 0 Å². The molecule has 0 fully saturated rings. The summed E-state index contributed by atoms with van der Waals surface area (Å²) in [6.45, 7) is 0.767. The lowest BCUT2D eigenvalue weighted by molar-refractivity contribution is 0.299. The van der Waals surface area contributed by atoms with Gasteiger partial charge in [-0.3, -0.25) is 9.36 Å². The van der Waals surface area contributed by atoms with Crippen LogP contribution in [0, 0.1) is 0 Å². The molecule has 5 nitrogen and oxygen atoms in total. The molecule has 100 valence electrons. The van der Waals surface area contributed by atoms with E-state index in [9.17, 15) is 9.59 Å². The molecule has 0 aliphatic rings. The monoisotopic (exact) mass is 324 g/mol. The van der Waals surface area contributed by atoms with Crippen LogP contribution < -0.4 is 16.0 Å². The first-order valence-electron chi connectivity index (χ1n) is 5.84. The van der Waals surface area contributed by atoms with Gasteiger partial charge in [-0.15, -0.1) is 0 Å². The van der Waals surface area contributed by atoms with Crippen molar-refractivity contribution in [3.8, 4) is 5.75 Å². The molecule has 0 saturated heterocycles. The van der Waals surface area contributed by atoms with E-state index in [1.165, 1.54) is 6.20 Å². The summed E-state index contributed by atoms with van der Waals surface area (Å²) in [5, 5.41) is 0. The summed E-state index contributed by atoms with van der Waals surface area (Å²) >= 11 is 3.09. The number of rotatable bonds is 5. The standard InChI is InChI=1S/C13H13BrN2O3/c14-11-9-15-13(18)16(12(11)17)7-4-8-19-10-5-2-1-3-6-10/h1-3,5-6,9H,4,7-8H2,(H,15,18). The highest BCUT2D eigenvalue weighted by Crippen LogP contribution is 2.08. The van der Waals surface area contributed by atoms with Crippen molar-refractivity contribution in [3.05, 3.63) is 61.8 Å². The Bertz CT molecular complexity index is 649. The first-order chi connectivity index (χ1) is 9.18. The molecular formula is C13H13BrN2O3. The van der Waals surface area contributed by atoms with Crippen molar-refractivity contribution in [3.63, 3.8) is 0 Å². The fraction of sp³-hybridized carbons (Fsp3) is 0.231. The molecule has 2 aromatic rings. The second kappa shape index (κ2) is 6.38. The van der Waals surface area contributed by atoms with Gasteiger partial charge >= 0.3 is 5.69 Å². The van der Waals surface area contributed by atoms with Crippen LogP contribution in [0.15, 0.2) is 50.6 Å². The third-order valence-corrected chi connectivity index (χ3v) is 3.12. The number of ether oxygens (including phenoxy) is 1. The largest absolute Gasteiger partial charge is 0.494 e. The molecule has 0 unspecified atom stereocenters. The molecule has 0 bridgehead atoms. The second-order valence-electron chi connectivity index (χ2n) is 3.91. The molecule has 0 amide bonds. The molecule has 0 aliphatic carbocycles. The summed E-state index contributed by atoms with van der Waals surface area (Å²) in [6, 6.07) is 9.40. The van der Waals surface area contributed by atoms with Crippen molar-refractivity contribution in [1.29, 1.82) is 0 Å². The number of halogens is 1. The second-order valence-corrected chi connectivity index (χ2v) is 4.77. The summed E-state index contributed by atoms with van der Waals surface area (Å²) in [4.78, 5) is 25.7. The van der Waals surface area contributed by atoms with Gasteiger partial charge in [-0.05, 0) is 34.5 Å². The molecule has 1 aromatic heterocycles. The summed E-state index contributed by atoms with van der Waals surface area (Å²) < 4.78 is 6.99. The Labute approximate surface area is 118 Å². The average Bonchev–Trinajstić information content (AvgIpc) is 2.43. The van der Waals surface area contributed by atoms with E-state index in [0.29, 0.717) is 24.0 Å². The van der Waals surface area contributed by atoms with E-state index in [2.05, 4.69) is 20.9 Å². The average molecular weight is 325 g/mol. The minimum Gasteiger partial charge on any atom is -0.494 e. The number of aromatic amines is 1. The van der Waals surface area contributed by atoms with E-state index in [4.69, 9.17) is 4.74 Å². The molecule has 0 saturated carbocycles. The van der Waals surface area contributed by atoms with E-state index in [1.54, 1.807) is 0 Å². The molecule has 19 heavy (non-hydrogen) atoms. The van der Waals surface area contributed by atoms with Crippen LogP contribution in [0.1, 0.15) is 6.42 Å². The van der Waals surface area contributed by atoms with Crippen molar-refractivity contribution >= 4 is 15.9 Å². The van der Waals surface area contributed by atoms with Crippen LogP contribution >= 0.6 is 15.9 Å². The Morgan fingerprint density at radius 3 is 2.68 bits per heavy atom. The topological polar surface area (TPSA) is 64.1 Å². The van der Waals surface area contributed by atoms with E-state index in [1.807, 2.05) is 30.3 Å². The van der Waals surface area contributed by atoms with Crippen molar-refractivity contribution < 1.29 is 4.74 Å². The molecule has 0 atom stereocenters. The van der Waals surface area contributed by atoms with Crippen molar-refractivity contribution in [2.24, 2.45) is 0 Å². The zero-order valence-electron chi connectivity index (χ0n) is 10.1. The first kappa shape index (κ1) is 13.6. The molecule has 2 rings (SSSR count). The third-order valence-electron chi connectivity index (χ3n) is 2.55. The zero-order valence-corrected chi connectivity index (χ0v) is 11.7. The lowest BCUT2D eigenvalue weighted by Gasteiger charge is -2.07. The maximum Gasteiger partial charge on any atom is 0.328 e. The Kier molecular flexibility index (Phi) is 4.57. The summed E-state index contributed by atoms with van der Waals surface area (Å²) in [5.41, 5.74) is -0.739. The Morgan fingerprint density at radius 2 is 1.95 bits per heavy atom. The number of H-pyrrole nitrogens is 1. The van der Waals surface area contributed by atoms with Gasteiger partial charge in [0.25, 0.3) is 5.56 Å². The molecular weight excluding hydrogens is 312 g/mol. The van der Waals surface area contributed by atoms with Crippen molar-refractivity contribution in [2.45, 2.75) is 13.0 Å². The normalized spacial score (nSPS) is 10.4. The molecule has 0 aliphatic heterocycles. The van der Waals surface area contributed by atoms with E-state index >= 15 is 0 Å². The lowest BCUT2D eigenvalue weighted by Crippen LogP contribution is -2.35. The van der Waals surface area contributed by atoms with E-state index < -0.39 is 5.69 Å². The Morgan fingerprint density at radius 1 is 1.21 bits per heavy atom. The molecule has 0 spiro atoms. The quantitative estimate of drug-likeness (QED) is 0.852. The number of hydrogen-bond acceptors (Lipinski definition) is 3. The predicted molar refractivity (Wildman–Crippen MR) is 75.6 cm³/mol. The highest BCUT2D eigenvalue weighted by atomic mass is 79.9. The third kappa shape index (κ3) is 3.57. The van der Waals surface area contributed by atoms with Crippen LogP contribution in [0.5, 0.6) is 5.75 Å². The van der Waals surface area contributed by atoms with Gasteiger partial charge in [0, 0.05) is 12.7 Å². The minimum absolute atomic E-state index is 0.320. The van der Waals surface area contributed by atoms with Gasteiger partial charge in [0.05, 0.1) is 11.1 Å². The van der Waals surface area contributed by atoms with Crippen LogP contribution in [-0.4, -0.2) is 16.2 Å². The molecule has 1 heterocycles. The van der Waals surface area contributed by atoms with Crippen LogP contribution in [0.25, 0.3) is 0 Å². The highest BCUT2D eigenvalue weighted by Gasteiger charge is 2.04. The number of benzene rings is 1. The van der Waals surface area contributed by atoms with Gasteiger partial charge in [0.2, 0.25) is 0 Å². The maximum atomic E-state index is 11.7. The maximum absolute atomic E-state index is 11.7. The minimum atomic E-state index is -0.409. The fourth-order valence-electron chi connectivity index (χ4n) is 1.62.